The Hall–Kier alpha value is -0.820. The Balaban J connectivity index is 2.08. The smallest absolute Gasteiger partial charge is 0.0769 e. The maximum Gasteiger partial charge on any atom is 0.0769 e. The van der Waals surface area contributed by atoms with E-state index in [1.54, 1.807) is 0 Å². The third-order valence-electron chi connectivity index (χ3n) is 2.64. The monoisotopic (exact) mass is 207 g/mol. The van der Waals surface area contributed by atoms with Crippen molar-refractivity contribution in [3.8, 4) is 0 Å². The Labute approximate surface area is 90.7 Å². The molecule has 0 spiro atoms. The van der Waals surface area contributed by atoms with Crippen molar-refractivity contribution in [3.05, 3.63) is 42.1 Å². The molecule has 0 unspecified atom stereocenters. The lowest BCUT2D eigenvalue weighted by molar-refractivity contribution is 0.635. The van der Waals surface area contributed by atoms with Gasteiger partial charge in [0.25, 0.3) is 0 Å². The molecule has 0 saturated carbocycles. The lowest BCUT2D eigenvalue weighted by Gasteiger charge is -2.29. The molecule has 14 heavy (non-hydrogen) atoms. The lowest BCUT2D eigenvalue weighted by atomic mass is 9.99. The van der Waals surface area contributed by atoms with E-state index in [0.717, 1.165) is 31.0 Å². The van der Waals surface area contributed by atoms with Crippen LogP contribution in [0.5, 0.6) is 0 Å². The molecule has 0 N–H and O–H groups in total. The minimum Gasteiger partial charge on any atom is -0.363 e. The zero-order chi connectivity index (χ0) is 9.97. The van der Waals surface area contributed by atoms with Crippen molar-refractivity contribution >= 4 is 17.3 Å². The highest BCUT2D eigenvalue weighted by molar-refractivity contribution is 6.30. The summed E-state index contributed by atoms with van der Waals surface area (Å²) in [5.41, 5.74) is 1.23. The fraction of sp³-hybridized carbons (Fsp3) is 0.333. The molecule has 0 amide bonds. The molecule has 1 aromatic rings. The minimum absolute atomic E-state index is 0.812. The summed E-state index contributed by atoms with van der Waals surface area (Å²) in [5.74, 6) is 1.36. The SMILES string of the molecule is [CH2-][C+]1CCN(c2cccc(Cl)c2)CC1. The Kier molecular flexibility index (Phi) is 2.87. The van der Waals surface area contributed by atoms with Gasteiger partial charge in [0.1, 0.15) is 0 Å². The normalized spacial score (nSPS) is 17.3. The molecular formula is C12H14ClN. The molecule has 1 heterocycles. The number of piperidine rings is 1. The number of benzene rings is 1. The van der Waals surface area contributed by atoms with Crippen LogP contribution in [-0.4, -0.2) is 13.1 Å². The fourth-order valence-electron chi connectivity index (χ4n) is 1.75. The summed E-state index contributed by atoms with van der Waals surface area (Å²) in [6, 6.07) is 8.05. The number of hydrogen-bond acceptors (Lipinski definition) is 1. The van der Waals surface area contributed by atoms with Crippen molar-refractivity contribution in [1.82, 2.24) is 0 Å². The molecule has 0 bridgehead atoms. The molecule has 2 rings (SSSR count). The number of rotatable bonds is 1. The van der Waals surface area contributed by atoms with E-state index in [9.17, 15) is 0 Å². The number of anilines is 1. The van der Waals surface area contributed by atoms with E-state index in [-0.39, 0.29) is 0 Å². The van der Waals surface area contributed by atoms with E-state index in [2.05, 4.69) is 17.9 Å². The first-order valence-corrected chi connectivity index (χ1v) is 5.31. The van der Waals surface area contributed by atoms with Crippen molar-refractivity contribution in [2.45, 2.75) is 12.8 Å². The number of halogens is 1. The van der Waals surface area contributed by atoms with Gasteiger partial charge < -0.3 is 4.90 Å². The molecule has 0 aliphatic carbocycles. The van der Waals surface area contributed by atoms with Gasteiger partial charge in [-0.1, -0.05) is 23.6 Å². The highest BCUT2D eigenvalue weighted by atomic mass is 35.5. The highest BCUT2D eigenvalue weighted by Gasteiger charge is 2.18. The maximum atomic E-state index is 5.95. The highest BCUT2D eigenvalue weighted by Crippen LogP contribution is 2.25. The standard InChI is InChI=1S/C12H14ClN/c1-10-5-7-14(8-6-10)12-4-2-3-11(13)9-12/h2-4,9H,1,5-8H2. The predicted molar refractivity (Wildman–Crippen MR) is 61.5 cm³/mol. The molecule has 74 valence electrons. The van der Waals surface area contributed by atoms with Crippen LogP contribution in [0, 0.1) is 12.8 Å². The maximum absolute atomic E-state index is 5.95. The zero-order valence-corrected chi connectivity index (χ0v) is 8.93. The molecule has 0 radical (unpaired) electrons. The summed E-state index contributed by atoms with van der Waals surface area (Å²) >= 11 is 5.95. The molecule has 2 heteroatoms. The van der Waals surface area contributed by atoms with Gasteiger partial charge in [-0.3, -0.25) is 0 Å². The van der Waals surface area contributed by atoms with E-state index in [1.165, 1.54) is 11.6 Å². The summed E-state index contributed by atoms with van der Waals surface area (Å²) in [6.45, 7) is 6.14. The van der Waals surface area contributed by atoms with Crippen LogP contribution in [0.15, 0.2) is 24.3 Å². The molecule has 1 nitrogen and oxygen atoms in total. The van der Waals surface area contributed by atoms with Gasteiger partial charge in [-0.15, -0.1) is 6.92 Å². The Morgan fingerprint density at radius 2 is 2.00 bits per heavy atom. The van der Waals surface area contributed by atoms with E-state index in [0.29, 0.717) is 0 Å². The fourth-order valence-corrected chi connectivity index (χ4v) is 1.94. The molecule has 1 aliphatic heterocycles. The van der Waals surface area contributed by atoms with E-state index < -0.39 is 0 Å². The van der Waals surface area contributed by atoms with Gasteiger partial charge in [-0.2, -0.15) is 0 Å². The average Bonchev–Trinajstić information content (AvgIpc) is 2.19. The Bertz CT molecular complexity index is 303. The summed E-state index contributed by atoms with van der Waals surface area (Å²) in [7, 11) is 0. The van der Waals surface area contributed by atoms with E-state index in [4.69, 9.17) is 11.6 Å². The van der Waals surface area contributed by atoms with Gasteiger partial charge >= 0.3 is 0 Å². The molecule has 0 aromatic heterocycles. The summed E-state index contributed by atoms with van der Waals surface area (Å²) in [6.07, 6.45) is 2.21. The Morgan fingerprint density at radius 3 is 2.64 bits per heavy atom. The van der Waals surface area contributed by atoms with Crippen molar-refractivity contribution < 1.29 is 0 Å². The van der Waals surface area contributed by atoms with Crippen LogP contribution in [0.2, 0.25) is 5.02 Å². The second-order valence-corrected chi connectivity index (χ2v) is 4.15. The van der Waals surface area contributed by atoms with Crippen LogP contribution in [-0.2, 0) is 0 Å². The van der Waals surface area contributed by atoms with Crippen LogP contribution >= 0.6 is 11.6 Å². The van der Waals surface area contributed by atoms with Crippen LogP contribution in [0.1, 0.15) is 12.8 Å². The summed E-state index contributed by atoms with van der Waals surface area (Å²) < 4.78 is 0. The van der Waals surface area contributed by atoms with Crippen molar-refractivity contribution in [3.63, 3.8) is 0 Å². The summed E-state index contributed by atoms with van der Waals surface area (Å²) in [5, 5.41) is 0.812. The predicted octanol–water partition coefficient (Wildman–Crippen LogP) is 3.35. The molecular weight excluding hydrogens is 194 g/mol. The second-order valence-electron chi connectivity index (χ2n) is 3.72. The topological polar surface area (TPSA) is 3.24 Å². The van der Waals surface area contributed by atoms with Crippen molar-refractivity contribution in [2.24, 2.45) is 0 Å². The van der Waals surface area contributed by atoms with Gasteiger partial charge in [0.05, 0.1) is 25.9 Å². The quantitative estimate of drug-likeness (QED) is 0.639. The third-order valence-corrected chi connectivity index (χ3v) is 2.88. The average molecular weight is 208 g/mol. The van der Waals surface area contributed by atoms with E-state index >= 15 is 0 Å². The van der Waals surface area contributed by atoms with Gasteiger partial charge in [0.15, 0.2) is 0 Å². The van der Waals surface area contributed by atoms with Crippen LogP contribution < -0.4 is 4.90 Å². The minimum atomic E-state index is 0.812. The first-order valence-electron chi connectivity index (χ1n) is 4.93. The first-order chi connectivity index (χ1) is 6.75. The molecule has 0 atom stereocenters. The van der Waals surface area contributed by atoms with E-state index in [1.807, 2.05) is 18.2 Å². The van der Waals surface area contributed by atoms with Gasteiger partial charge in [-0.25, -0.2) is 0 Å². The van der Waals surface area contributed by atoms with Gasteiger partial charge in [0.2, 0.25) is 0 Å². The zero-order valence-electron chi connectivity index (χ0n) is 8.17. The number of nitrogens with zero attached hydrogens (tertiary/aromatic N) is 1. The van der Waals surface area contributed by atoms with Gasteiger partial charge in [0, 0.05) is 10.7 Å². The van der Waals surface area contributed by atoms with Crippen LogP contribution in [0.4, 0.5) is 5.69 Å². The second kappa shape index (κ2) is 4.14. The molecule has 1 aliphatic rings. The Morgan fingerprint density at radius 1 is 1.29 bits per heavy atom. The van der Waals surface area contributed by atoms with Gasteiger partial charge in [-0.05, 0) is 18.2 Å². The third kappa shape index (κ3) is 2.16. The largest absolute Gasteiger partial charge is 0.363 e. The lowest BCUT2D eigenvalue weighted by Crippen LogP contribution is -2.32. The van der Waals surface area contributed by atoms with Crippen LogP contribution in [0.3, 0.4) is 0 Å². The van der Waals surface area contributed by atoms with Crippen molar-refractivity contribution in [2.75, 3.05) is 18.0 Å². The molecule has 1 fully saturated rings. The molecule has 1 aromatic carbocycles. The molecule has 1 saturated heterocycles. The number of hydrogen-bond donors (Lipinski definition) is 0. The summed E-state index contributed by atoms with van der Waals surface area (Å²) in [4.78, 5) is 2.36. The van der Waals surface area contributed by atoms with Crippen LogP contribution in [0.25, 0.3) is 0 Å². The first kappa shape index (κ1) is 9.72. The van der Waals surface area contributed by atoms with Crippen molar-refractivity contribution in [1.29, 1.82) is 0 Å².